The van der Waals surface area contributed by atoms with Crippen LogP contribution in [-0.2, 0) is 20.5 Å². The Morgan fingerprint density at radius 1 is 0.906 bits per heavy atom. The van der Waals surface area contributed by atoms with Crippen LogP contribution in [0.4, 0.5) is 34.6 Å². The molecule has 20 heteroatoms. The standard InChI is InChI=1S/C44H46F4N8O8/c1-5-35(41(61)52-23-57)56-42(62)28-7-6-8-33(38(28)43(56)63)49-13-15-64-16-14-50-39(59)27-9-11-32(45)29(17-27)26-10-12-36(55-21-24(2)54(4)25(3)22-55)34(18-26)53-40(60)30-20-51-37(58)19-31(30)44(46,47)48/h6-12,17-20,23-25,35,49H,5,13-16,21-22H2,1-4H3,(H,50,59)(H,51,58)(H,53,60)(H,52,57,61)/t24-,25+,35?. The van der Waals surface area contributed by atoms with Crippen molar-refractivity contribution in [3.8, 4) is 11.1 Å². The van der Waals surface area contributed by atoms with Gasteiger partial charge in [-0.25, -0.2) is 4.39 Å². The van der Waals surface area contributed by atoms with Crippen LogP contribution in [0.5, 0.6) is 0 Å². The first-order valence-electron chi connectivity index (χ1n) is 20.3. The van der Waals surface area contributed by atoms with Crippen LogP contribution in [-0.4, -0.2) is 115 Å². The van der Waals surface area contributed by atoms with Crippen molar-refractivity contribution in [1.82, 2.24) is 25.4 Å². The number of likely N-dealkylation sites (N-methyl/N-ethyl adjacent to an activating group) is 1. The maximum Gasteiger partial charge on any atom is 0.417 e. The highest BCUT2D eigenvalue weighted by molar-refractivity contribution is 6.25. The number of amides is 6. The number of fused-ring (bicyclic) bond motifs is 1. The summed E-state index contributed by atoms with van der Waals surface area (Å²) in [4.78, 5) is 95.2. The summed E-state index contributed by atoms with van der Waals surface area (Å²) in [6.07, 6.45) is -4.05. The number of pyridine rings is 1. The second-order valence-electron chi connectivity index (χ2n) is 15.3. The molecule has 0 aliphatic carbocycles. The van der Waals surface area contributed by atoms with E-state index in [-0.39, 0.29) is 84.7 Å². The Morgan fingerprint density at radius 3 is 2.31 bits per heavy atom. The minimum absolute atomic E-state index is 0.0256. The van der Waals surface area contributed by atoms with Gasteiger partial charge >= 0.3 is 6.18 Å². The fourth-order valence-corrected chi connectivity index (χ4v) is 7.72. The van der Waals surface area contributed by atoms with Crippen molar-refractivity contribution in [1.29, 1.82) is 0 Å². The number of rotatable bonds is 16. The maximum absolute atomic E-state index is 15.5. The number of aromatic nitrogens is 1. The summed E-state index contributed by atoms with van der Waals surface area (Å²) in [6.45, 7) is 7.04. The van der Waals surface area contributed by atoms with Crippen LogP contribution in [0.3, 0.4) is 0 Å². The van der Waals surface area contributed by atoms with Gasteiger partial charge in [-0.1, -0.05) is 19.1 Å². The molecule has 64 heavy (non-hydrogen) atoms. The van der Waals surface area contributed by atoms with Crippen molar-refractivity contribution in [2.75, 3.05) is 62.0 Å². The number of carbonyl (C=O) groups is 6. The van der Waals surface area contributed by atoms with E-state index in [1.165, 1.54) is 24.3 Å². The molecule has 0 spiro atoms. The molecule has 0 radical (unpaired) electrons. The molecule has 6 rings (SSSR count). The average Bonchev–Trinajstić information content (AvgIpc) is 3.51. The highest BCUT2D eigenvalue weighted by atomic mass is 19.4. The molecule has 338 valence electrons. The topological polar surface area (TPSA) is 202 Å². The van der Waals surface area contributed by atoms with Crippen LogP contribution in [0.15, 0.2) is 71.7 Å². The van der Waals surface area contributed by atoms with E-state index in [4.69, 9.17) is 4.74 Å². The molecular formula is C44H46F4N8O8. The minimum Gasteiger partial charge on any atom is -0.382 e. The highest BCUT2D eigenvalue weighted by Crippen LogP contribution is 2.37. The molecule has 1 fully saturated rings. The number of ether oxygens (including phenoxy) is 1. The number of hydrogen-bond acceptors (Lipinski definition) is 11. The van der Waals surface area contributed by atoms with Crippen LogP contribution in [0, 0.1) is 5.82 Å². The SMILES string of the molecule is CCC(C(=O)NC=O)N1C(=O)c2cccc(NCCOCCNC(=O)c3ccc(F)c(-c4ccc(N5C[C@@H](C)N(C)[C@@H](C)C5)c(NC(=O)c5c[nH]c(=O)cc5C(F)(F)F)c4)c3)c2C1=O. The van der Waals surface area contributed by atoms with Gasteiger partial charge in [0.2, 0.25) is 17.9 Å². The predicted octanol–water partition coefficient (Wildman–Crippen LogP) is 4.49. The van der Waals surface area contributed by atoms with Gasteiger partial charge in [-0.15, -0.1) is 0 Å². The largest absolute Gasteiger partial charge is 0.417 e. The lowest BCUT2D eigenvalue weighted by molar-refractivity contribution is -0.138. The summed E-state index contributed by atoms with van der Waals surface area (Å²) >= 11 is 0. The number of nitrogens with zero attached hydrogens (tertiary/aromatic N) is 3. The number of piperazine rings is 1. The average molecular weight is 891 g/mol. The van der Waals surface area contributed by atoms with E-state index in [2.05, 4.69) is 25.8 Å². The quantitative estimate of drug-likeness (QED) is 0.0460. The number of nitrogens with one attached hydrogen (secondary N) is 5. The van der Waals surface area contributed by atoms with Gasteiger partial charge in [0.1, 0.15) is 11.9 Å². The smallest absolute Gasteiger partial charge is 0.382 e. The molecule has 1 unspecified atom stereocenters. The maximum atomic E-state index is 15.5. The normalized spacial score (nSPS) is 16.9. The van der Waals surface area contributed by atoms with Gasteiger partial charge in [0.25, 0.3) is 23.6 Å². The Morgan fingerprint density at radius 2 is 1.62 bits per heavy atom. The molecule has 3 heterocycles. The number of anilines is 3. The van der Waals surface area contributed by atoms with Gasteiger partial charge in [-0.2, -0.15) is 13.2 Å². The Bertz CT molecular complexity index is 2520. The zero-order valence-electron chi connectivity index (χ0n) is 35.2. The molecule has 2 aliphatic heterocycles. The number of hydrogen-bond donors (Lipinski definition) is 5. The monoisotopic (exact) mass is 890 g/mol. The van der Waals surface area contributed by atoms with E-state index >= 15 is 4.39 Å². The van der Waals surface area contributed by atoms with Gasteiger partial charge < -0.3 is 30.6 Å². The van der Waals surface area contributed by atoms with E-state index < -0.39 is 64.3 Å². The van der Waals surface area contributed by atoms with Gasteiger partial charge in [0.15, 0.2) is 0 Å². The first-order valence-corrected chi connectivity index (χ1v) is 20.3. The molecule has 5 N–H and O–H groups in total. The lowest BCUT2D eigenvalue weighted by Crippen LogP contribution is -2.55. The number of carbonyl (C=O) groups excluding carboxylic acids is 6. The zero-order valence-corrected chi connectivity index (χ0v) is 35.2. The molecule has 1 saturated heterocycles. The molecule has 0 bridgehead atoms. The zero-order chi connectivity index (χ0) is 46.5. The van der Waals surface area contributed by atoms with Gasteiger partial charge in [-0.05, 0) is 75.3 Å². The molecule has 2 aliphatic rings. The third kappa shape index (κ3) is 9.97. The minimum atomic E-state index is -5.01. The van der Waals surface area contributed by atoms with Crippen LogP contribution in [0.1, 0.15) is 74.2 Å². The van der Waals surface area contributed by atoms with Crippen molar-refractivity contribution in [2.45, 2.75) is 51.5 Å². The number of alkyl halides is 3. The fourth-order valence-electron chi connectivity index (χ4n) is 7.72. The van der Waals surface area contributed by atoms with Gasteiger partial charge in [0.05, 0.1) is 46.8 Å². The molecule has 16 nitrogen and oxygen atoms in total. The van der Waals surface area contributed by atoms with E-state index in [0.29, 0.717) is 36.7 Å². The van der Waals surface area contributed by atoms with Crippen molar-refractivity contribution in [3.63, 3.8) is 0 Å². The van der Waals surface area contributed by atoms with Crippen LogP contribution in [0.2, 0.25) is 0 Å². The Kier molecular flexibility index (Phi) is 14.3. The van der Waals surface area contributed by atoms with Gasteiger partial charge in [-0.3, -0.25) is 48.7 Å². The van der Waals surface area contributed by atoms with E-state index in [1.807, 2.05) is 31.1 Å². The van der Waals surface area contributed by atoms with E-state index in [1.54, 1.807) is 31.2 Å². The summed E-state index contributed by atoms with van der Waals surface area (Å²) in [6, 6.07) is 12.2. The van der Waals surface area contributed by atoms with Crippen LogP contribution >= 0.6 is 0 Å². The number of H-pyrrole nitrogens is 1. The van der Waals surface area contributed by atoms with Crippen molar-refractivity contribution in [2.24, 2.45) is 0 Å². The lowest BCUT2D eigenvalue weighted by atomic mass is 9.99. The first-order chi connectivity index (χ1) is 30.4. The number of benzene rings is 3. The molecule has 6 amide bonds. The fraction of sp³-hybridized carbons (Fsp3) is 0.341. The molecular weight excluding hydrogens is 845 g/mol. The van der Waals surface area contributed by atoms with Crippen molar-refractivity contribution >= 4 is 53.0 Å². The predicted molar refractivity (Wildman–Crippen MR) is 228 cm³/mol. The summed E-state index contributed by atoms with van der Waals surface area (Å²) in [7, 11) is 1.97. The molecule has 4 aromatic rings. The summed E-state index contributed by atoms with van der Waals surface area (Å²) in [5.41, 5.74) is -1.95. The van der Waals surface area contributed by atoms with Crippen LogP contribution in [0.25, 0.3) is 11.1 Å². The van der Waals surface area contributed by atoms with E-state index in [0.717, 1.165) is 11.0 Å². The third-order valence-corrected chi connectivity index (χ3v) is 11.2. The third-order valence-electron chi connectivity index (χ3n) is 11.2. The van der Waals surface area contributed by atoms with Gasteiger partial charge in [0, 0.05) is 67.3 Å². The summed E-state index contributed by atoms with van der Waals surface area (Å²) < 4.78 is 62.9. The second kappa shape index (κ2) is 19.6. The molecule has 3 atom stereocenters. The lowest BCUT2D eigenvalue weighted by Gasteiger charge is -2.44. The van der Waals surface area contributed by atoms with Crippen molar-refractivity contribution in [3.05, 3.63) is 111 Å². The number of imide groups is 2. The first kappa shape index (κ1) is 46.6. The molecule has 1 aromatic heterocycles. The molecule has 0 saturated carbocycles. The van der Waals surface area contributed by atoms with E-state index in [9.17, 15) is 46.7 Å². The Labute approximate surface area is 364 Å². The number of halogens is 4. The van der Waals surface area contributed by atoms with Crippen molar-refractivity contribution < 1.29 is 51.1 Å². The highest BCUT2D eigenvalue weighted by Gasteiger charge is 2.43. The number of aromatic amines is 1. The second-order valence-corrected chi connectivity index (χ2v) is 15.3. The Hall–Kier alpha value is -6.93. The molecule has 3 aromatic carbocycles. The summed E-state index contributed by atoms with van der Waals surface area (Å²) in [5.74, 6) is -4.56. The summed E-state index contributed by atoms with van der Waals surface area (Å²) in [5, 5.41) is 10.3. The Balaban J connectivity index is 1.11. The van der Waals surface area contributed by atoms with Crippen LogP contribution < -0.4 is 31.7 Å².